The highest BCUT2D eigenvalue weighted by atomic mass is 16.6. The number of ketones is 1. The number of epoxide rings is 1. The van der Waals surface area contributed by atoms with Crippen molar-refractivity contribution < 1.29 is 29.3 Å². The number of carbonyl (C=O) groups is 2. The Bertz CT molecular complexity index is 1330. The summed E-state index contributed by atoms with van der Waals surface area (Å²) in [5.41, 5.74) is -1.07. The lowest BCUT2D eigenvalue weighted by Gasteiger charge is -2.63. The summed E-state index contributed by atoms with van der Waals surface area (Å²) in [7, 11) is 0. The maximum atomic E-state index is 13.2. The molecule has 11 heteroatoms. The van der Waals surface area contributed by atoms with E-state index in [1.54, 1.807) is 12.4 Å². The Hall–Kier alpha value is -2.99. The van der Waals surface area contributed by atoms with E-state index in [0.717, 1.165) is 6.42 Å². The van der Waals surface area contributed by atoms with Gasteiger partial charge in [0.05, 0.1) is 49.9 Å². The monoisotopic (exact) mass is 593 g/mol. The van der Waals surface area contributed by atoms with Crippen molar-refractivity contribution in [3.8, 4) is 0 Å². The van der Waals surface area contributed by atoms with Crippen LogP contribution in [0.15, 0.2) is 46.0 Å². The van der Waals surface area contributed by atoms with E-state index in [0.29, 0.717) is 49.6 Å². The van der Waals surface area contributed by atoms with Gasteiger partial charge in [-0.3, -0.25) is 9.79 Å². The summed E-state index contributed by atoms with van der Waals surface area (Å²) >= 11 is 0. The van der Waals surface area contributed by atoms with Crippen LogP contribution in [0, 0.1) is 22.7 Å². The number of hydrogen-bond donors (Lipinski definition) is 4. The molecule has 232 valence electrons. The molecule has 1 spiro atoms. The summed E-state index contributed by atoms with van der Waals surface area (Å²) in [6.07, 6.45) is 7.26. The van der Waals surface area contributed by atoms with Crippen LogP contribution in [0.1, 0.15) is 52.9 Å². The molecule has 2 saturated carbocycles. The highest BCUT2D eigenvalue weighted by Gasteiger charge is 2.71. The van der Waals surface area contributed by atoms with Crippen molar-refractivity contribution in [2.75, 3.05) is 31.7 Å². The van der Waals surface area contributed by atoms with Gasteiger partial charge in [0, 0.05) is 23.9 Å². The van der Waals surface area contributed by atoms with E-state index in [9.17, 15) is 19.8 Å². The lowest BCUT2D eigenvalue weighted by atomic mass is 9.43. The predicted molar refractivity (Wildman–Crippen MR) is 161 cm³/mol. The molecule has 1 aromatic rings. The van der Waals surface area contributed by atoms with Crippen molar-refractivity contribution in [1.82, 2.24) is 10.3 Å². The molecule has 4 N–H and O–H groups in total. The van der Waals surface area contributed by atoms with Crippen molar-refractivity contribution in [2.45, 2.75) is 82.7 Å². The van der Waals surface area contributed by atoms with Crippen LogP contribution in [-0.4, -0.2) is 95.2 Å². The summed E-state index contributed by atoms with van der Waals surface area (Å²) in [5.74, 6) is 0.715. The highest BCUT2D eigenvalue weighted by Crippen LogP contribution is 2.66. The molecule has 0 aromatic carbocycles. The fraction of sp³-hybridized carbons (Fsp3) is 0.656. The normalized spacial score (nSPS) is 37.7. The average molecular weight is 594 g/mol. The number of pyridine rings is 1. The number of esters is 1. The first-order valence-corrected chi connectivity index (χ1v) is 15.4. The van der Waals surface area contributed by atoms with Gasteiger partial charge < -0.3 is 30.3 Å². The number of anilines is 1. The van der Waals surface area contributed by atoms with Crippen LogP contribution in [0.4, 0.5) is 5.82 Å². The molecular formula is C32H43N5O6. The van der Waals surface area contributed by atoms with Crippen molar-refractivity contribution >= 4 is 29.6 Å². The van der Waals surface area contributed by atoms with E-state index in [1.165, 1.54) is 0 Å². The SMILES string of the molecule is CC(NC1CC2[C@](C)(CC[C@@H](O)[C@@]2(C)CO)C(CC(Nc2ccccn2)C2=CCOC2=O)C12CO2)C(=O)CC1=NCC=N1. The minimum absolute atomic E-state index is 0.000589. The molecule has 5 aliphatic rings. The van der Waals surface area contributed by atoms with Crippen molar-refractivity contribution in [3.05, 3.63) is 36.0 Å². The second kappa shape index (κ2) is 11.5. The number of aliphatic imine (C=N–C) groups is 2. The van der Waals surface area contributed by atoms with Crippen molar-refractivity contribution in [3.63, 3.8) is 0 Å². The number of aliphatic hydroxyl groups is 2. The number of aromatic nitrogens is 1. The molecule has 2 aliphatic carbocycles. The average Bonchev–Trinajstić information content (AvgIpc) is 3.38. The highest BCUT2D eigenvalue weighted by molar-refractivity contribution is 6.07. The van der Waals surface area contributed by atoms with Gasteiger partial charge >= 0.3 is 5.97 Å². The van der Waals surface area contributed by atoms with Gasteiger partial charge in [0.1, 0.15) is 23.9 Å². The maximum absolute atomic E-state index is 13.2. The number of nitrogens with one attached hydrogen (secondary N) is 2. The third-order valence-corrected chi connectivity index (χ3v) is 11.0. The first-order chi connectivity index (χ1) is 20.6. The van der Waals surface area contributed by atoms with Crippen LogP contribution in [0.25, 0.3) is 0 Å². The van der Waals surface area contributed by atoms with E-state index in [1.807, 2.05) is 38.1 Å². The molecule has 3 fully saturated rings. The predicted octanol–water partition coefficient (Wildman–Crippen LogP) is 2.09. The van der Waals surface area contributed by atoms with Gasteiger partial charge in [-0.15, -0.1) is 0 Å². The van der Waals surface area contributed by atoms with Gasteiger partial charge in [-0.1, -0.05) is 19.9 Å². The Morgan fingerprint density at radius 2 is 2.09 bits per heavy atom. The molecule has 6 rings (SSSR count). The van der Waals surface area contributed by atoms with E-state index in [-0.39, 0.29) is 54.7 Å². The van der Waals surface area contributed by atoms with Gasteiger partial charge in [-0.05, 0) is 68.1 Å². The zero-order valence-electron chi connectivity index (χ0n) is 25.2. The van der Waals surface area contributed by atoms with Crippen LogP contribution in [0.5, 0.6) is 0 Å². The summed E-state index contributed by atoms with van der Waals surface area (Å²) in [6.45, 7) is 7.21. The van der Waals surface area contributed by atoms with E-state index in [2.05, 4.69) is 32.5 Å². The number of fused-ring (bicyclic) bond motifs is 1. The molecule has 0 amide bonds. The third-order valence-electron chi connectivity index (χ3n) is 11.0. The summed E-state index contributed by atoms with van der Waals surface area (Å²) in [4.78, 5) is 39.1. The molecule has 1 saturated heterocycles. The Morgan fingerprint density at radius 3 is 2.72 bits per heavy atom. The van der Waals surface area contributed by atoms with E-state index >= 15 is 0 Å². The number of ether oxygens (including phenoxy) is 2. The summed E-state index contributed by atoms with van der Waals surface area (Å²) < 4.78 is 11.8. The topological polar surface area (TPSA) is 158 Å². The molecule has 9 atom stereocenters. The number of hydrogen-bond acceptors (Lipinski definition) is 11. The number of Topliss-reactive ketones (excluding diaryl/α,β-unsaturated/α-hetero) is 1. The number of nitrogens with zero attached hydrogens (tertiary/aromatic N) is 3. The van der Waals surface area contributed by atoms with Crippen molar-refractivity contribution in [1.29, 1.82) is 0 Å². The molecule has 0 bridgehead atoms. The largest absolute Gasteiger partial charge is 0.458 e. The van der Waals surface area contributed by atoms with Crippen LogP contribution in [-0.2, 0) is 19.1 Å². The Balaban J connectivity index is 1.35. The van der Waals surface area contributed by atoms with Gasteiger partial charge in [-0.2, -0.15) is 0 Å². The number of amidine groups is 1. The Morgan fingerprint density at radius 1 is 1.28 bits per heavy atom. The smallest absolute Gasteiger partial charge is 0.336 e. The Labute approximate surface area is 252 Å². The minimum Gasteiger partial charge on any atom is -0.458 e. The Kier molecular flexibility index (Phi) is 8.04. The first kappa shape index (κ1) is 30.1. The number of cyclic esters (lactones) is 1. The molecule has 1 aromatic heterocycles. The van der Waals surface area contributed by atoms with E-state index < -0.39 is 29.2 Å². The molecule has 11 nitrogen and oxygen atoms in total. The number of aliphatic hydroxyl groups excluding tert-OH is 2. The summed E-state index contributed by atoms with van der Waals surface area (Å²) in [5, 5.41) is 29.1. The van der Waals surface area contributed by atoms with Crippen LogP contribution in [0.2, 0.25) is 0 Å². The molecule has 3 aliphatic heterocycles. The zero-order valence-corrected chi connectivity index (χ0v) is 25.2. The number of carbonyl (C=O) groups excluding carboxylic acids is 2. The van der Waals surface area contributed by atoms with Gasteiger partial charge in [-0.25, -0.2) is 14.8 Å². The fourth-order valence-corrected chi connectivity index (χ4v) is 8.43. The quantitative estimate of drug-likeness (QED) is 0.223. The summed E-state index contributed by atoms with van der Waals surface area (Å²) in [6, 6.07) is 4.54. The second-order valence-corrected chi connectivity index (χ2v) is 13.4. The van der Waals surface area contributed by atoms with Gasteiger partial charge in [0.15, 0.2) is 5.78 Å². The third kappa shape index (κ3) is 5.34. The van der Waals surface area contributed by atoms with Gasteiger partial charge in [0.25, 0.3) is 0 Å². The van der Waals surface area contributed by atoms with Gasteiger partial charge in [0.2, 0.25) is 0 Å². The second-order valence-electron chi connectivity index (χ2n) is 13.4. The maximum Gasteiger partial charge on any atom is 0.336 e. The van der Waals surface area contributed by atoms with Crippen LogP contribution >= 0.6 is 0 Å². The molecule has 4 heterocycles. The van der Waals surface area contributed by atoms with Crippen LogP contribution in [0.3, 0.4) is 0 Å². The standard InChI is InChI=1S/C32H43N5O6/c1-19(22(39)15-28-34-11-12-35-28)36-25-16-23-30(2,9-7-26(40)31(23,3)17-38)24(32(25)18-43-32)14-21(20-8-13-42-29(20)41)37-27-6-4-5-10-33-27/h4-6,8,10-11,19,21,23-26,36,38,40H,7,9,12-18H2,1-3H3,(H,33,37)/t19?,21?,23?,24?,25?,26-,30+,31+,32?/m1/s1. The molecular weight excluding hydrogens is 550 g/mol. The van der Waals surface area contributed by atoms with Crippen LogP contribution < -0.4 is 10.6 Å². The van der Waals surface area contributed by atoms with Crippen molar-refractivity contribution in [2.24, 2.45) is 32.7 Å². The fourth-order valence-electron chi connectivity index (χ4n) is 8.43. The lowest BCUT2D eigenvalue weighted by molar-refractivity contribution is -0.184. The molecule has 0 radical (unpaired) electrons. The van der Waals surface area contributed by atoms with E-state index in [4.69, 9.17) is 9.47 Å². The lowest BCUT2D eigenvalue weighted by Crippen LogP contribution is -2.67. The molecule has 43 heavy (non-hydrogen) atoms. The minimum atomic E-state index is -0.738. The molecule has 6 unspecified atom stereocenters. The first-order valence-electron chi connectivity index (χ1n) is 15.4. The number of rotatable bonds is 11. The zero-order chi connectivity index (χ0) is 30.4.